The number of unbranched alkanes of at least 4 members (excludes halogenated alkanes) is 1. The number of hydrogen-bond donors (Lipinski definition) is 0. The number of aryl methyl sites for hydroxylation is 3. The van der Waals surface area contributed by atoms with E-state index in [-0.39, 0.29) is 5.41 Å². The molecule has 0 unspecified atom stereocenters. The third-order valence-electron chi connectivity index (χ3n) is 10.4. The average molecular weight is 512 g/mol. The van der Waals surface area contributed by atoms with E-state index in [0.29, 0.717) is 5.41 Å². The van der Waals surface area contributed by atoms with Crippen LogP contribution in [0, 0.1) is 13.8 Å². The molecule has 7 rings (SSSR count). The van der Waals surface area contributed by atoms with Crippen LogP contribution in [0.4, 0.5) is 17.1 Å². The summed E-state index contributed by atoms with van der Waals surface area (Å²) in [6, 6.07) is 33.0. The zero-order valence-electron chi connectivity index (χ0n) is 23.9. The lowest BCUT2D eigenvalue weighted by Crippen LogP contribution is -2.43. The molecule has 0 saturated heterocycles. The first-order chi connectivity index (χ1) is 19.0. The molecule has 3 aliphatic carbocycles. The molecule has 0 radical (unpaired) electrons. The Morgan fingerprint density at radius 2 is 1.08 bits per heavy atom. The fourth-order valence-electron chi connectivity index (χ4n) is 8.54. The first-order valence-corrected chi connectivity index (χ1v) is 15.3. The second-order valence-corrected chi connectivity index (χ2v) is 12.6. The second-order valence-electron chi connectivity index (χ2n) is 12.6. The van der Waals surface area contributed by atoms with Crippen molar-refractivity contribution < 1.29 is 0 Å². The van der Waals surface area contributed by atoms with Crippen molar-refractivity contribution in [3.63, 3.8) is 0 Å². The molecule has 1 heteroatoms. The molecule has 0 amide bonds. The summed E-state index contributed by atoms with van der Waals surface area (Å²) in [7, 11) is 0. The van der Waals surface area contributed by atoms with Crippen LogP contribution in [-0.2, 0) is 17.3 Å². The maximum Gasteiger partial charge on any atom is 0.0465 e. The number of anilines is 3. The van der Waals surface area contributed by atoms with Gasteiger partial charge < -0.3 is 4.90 Å². The Labute approximate surface area is 234 Å². The van der Waals surface area contributed by atoms with Gasteiger partial charge in [0.25, 0.3) is 0 Å². The molecule has 4 aromatic carbocycles. The molecule has 1 nitrogen and oxygen atoms in total. The zero-order valence-corrected chi connectivity index (χ0v) is 23.9. The Balaban J connectivity index is 1.43. The van der Waals surface area contributed by atoms with Crippen LogP contribution in [0.1, 0.15) is 86.1 Å². The monoisotopic (exact) mass is 511 g/mol. The number of benzene rings is 4. The number of rotatable bonds is 6. The van der Waals surface area contributed by atoms with Crippen LogP contribution in [-0.4, -0.2) is 0 Å². The molecule has 0 bridgehead atoms. The highest BCUT2D eigenvalue weighted by Crippen LogP contribution is 2.69. The minimum atomic E-state index is 0.279. The molecule has 2 fully saturated rings. The topological polar surface area (TPSA) is 3.24 Å². The summed E-state index contributed by atoms with van der Waals surface area (Å²) in [6.07, 6.45) is 11.8. The molecule has 2 saturated carbocycles. The van der Waals surface area contributed by atoms with Gasteiger partial charge in [-0.25, -0.2) is 0 Å². The molecule has 198 valence electrons. The first kappa shape index (κ1) is 24.7. The van der Waals surface area contributed by atoms with Gasteiger partial charge in [0.2, 0.25) is 0 Å². The molecule has 0 spiro atoms. The second kappa shape index (κ2) is 9.40. The van der Waals surface area contributed by atoms with Crippen LogP contribution in [0.3, 0.4) is 0 Å². The maximum absolute atomic E-state index is 2.64. The van der Waals surface area contributed by atoms with Crippen LogP contribution < -0.4 is 4.90 Å². The molecule has 0 aliphatic heterocycles. The molecule has 39 heavy (non-hydrogen) atoms. The maximum atomic E-state index is 2.64. The standard InChI is InChI=1S/C38H41N/c1-4-5-8-29-13-19-33-34-20-18-32(26-36(34)38-23-6-21-37(38,22-7-24-38)35(33)25-29)39(30-14-9-27(2)10-15-30)31-16-11-28(3)12-17-31/h9-20,25-26H,4-8,21-24H2,1-3H3/t37-,38+. The molecular formula is C38H41N. The summed E-state index contributed by atoms with van der Waals surface area (Å²) in [6.45, 7) is 6.65. The van der Waals surface area contributed by atoms with Gasteiger partial charge in [0.15, 0.2) is 0 Å². The van der Waals surface area contributed by atoms with E-state index in [2.05, 4.69) is 111 Å². The third kappa shape index (κ3) is 3.73. The lowest BCUT2D eigenvalue weighted by molar-refractivity contribution is 0.299. The first-order valence-electron chi connectivity index (χ1n) is 15.3. The quantitative estimate of drug-likeness (QED) is 0.249. The smallest absolute Gasteiger partial charge is 0.0465 e. The van der Waals surface area contributed by atoms with Gasteiger partial charge in [0.1, 0.15) is 0 Å². The molecule has 4 aromatic rings. The minimum Gasteiger partial charge on any atom is -0.310 e. The highest BCUT2D eigenvalue weighted by Gasteiger charge is 2.62. The van der Waals surface area contributed by atoms with Crippen molar-refractivity contribution in [2.24, 2.45) is 0 Å². The predicted octanol–water partition coefficient (Wildman–Crippen LogP) is 10.6. The van der Waals surface area contributed by atoms with E-state index in [0.717, 1.165) is 0 Å². The summed E-state index contributed by atoms with van der Waals surface area (Å²) >= 11 is 0. The fraction of sp³-hybridized carbons (Fsp3) is 0.368. The summed E-state index contributed by atoms with van der Waals surface area (Å²) in [5.41, 5.74) is 14.8. The van der Waals surface area contributed by atoms with Crippen molar-refractivity contribution in [1.29, 1.82) is 0 Å². The third-order valence-corrected chi connectivity index (χ3v) is 10.4. The Hall–Kier alpha value is -3.32. The predicted molar refractivity (Wildman–Crippen MR) is 166 cm³/mol. The normalized spacial score (nSPS) is 22.6. The zero-order chi connectivity index (χ0) is 26.6. The van der Waals surface area contributed by atoms with Gasteiger partial charge in [0.05, 0.1) is 0 Å². The Morgan fingerprint density at radius 1 is 0.590 bits per heavy atom. The minimum absolute atomic E-state index is 0.279. The largest absolute Gasteiger partial charge is 0.310 e. The van der Waals surface area contributed by atoms with E-state index in [1.165, 1.54) is 97.1 Å². The Morgan fingerprint density at radius 3 is 1.62 bits per heavy atom. The van der Waals surface area contributed by atoms with E-state index in [1.807, 2.05) is 0 Å². The van der Waals surface area contributed by atoms with Crippen LogP contribution in [0.25, 0.3) is 11.1 Å². The van der Waals surface area contributed by atoms with Gasteiger partial charge in [-0.3, -0.25) is 0 Å². The van der Waals surface area contributed by atoms with Crippen molar-refractivity contribution in [2.45, 2.75) is 89.4 Å². The number of nitrogens with zero attached hydrogens (tertiary/aromatic N) is 1. The van der Waals surface area contributed by atoms with E-state index in [4.69, 9.17) is 0 Å². The molecule has 0 N–H and O–H groups in total. The van der Waals surface area contributed by atoms with Crippen molar-refractivity contribution in [2.75, 3.05) is 4.90 Å². The summed E-state index contributed by atoms with van der Waals surface area (Å²) in [5, 5.41) is 0. The van der Waals surface area contributed by atoms with E-state index in [9.17, 15) is 0 Å². The highest BCUT2D eigenvalue weighted by molar-refractivity contribution is 5.84. The van der Waals surface area contributed by atoms with Crippen molar-refractivity contribution >= 4 is 17.1 Å². The highest BCUT2D eigenvalue weighted by atomic mass is 15.1. The SMILES string of the molecule is CCCCc1ccc2c(c1)[C@]13CCC[C@]1(CCC3)c1cc(N(c3ccc(C)cc3)c3ccc(C)cc3)ccc1-2. The fourth-order valence-corrected chi connectivity index (χ4v) is 8.54. The number of fused-ring (bicyclic) bond motifs is 3. The average Bonchev–Trinajstić information content (AvgIpc) is 3.53. The van der Waals surface area contributed by atoms with Gasteiger partial charge in [-0.15, -0.1) is 0 Å². The van der Waals surface area contributed by atoms with E-state index < -0.39 is 0 Å². The lowest BCUT2D eigenvalue weighted by Gasteiger charge is -2.48. The van der Waals surface area contributed by atoms with Crippen molar-refractivity contribution in [3.05, 3.63) is 113 Å². The van der Waals surface area contributed by atoms with Crippen molar-refractivity contribution in [1.82, 2.24) is 0 Å². The van der Waals surface area contributed by atoms with E-state index >= 15 is 0 Å². The van der Waals surface area contributed by atoms with Gasteiger partial charge in [-0.1, -0.05) is 85.8 Å². The van der Waals surface area contributed by atoms with Crippen LogP contribution in [0.15, 0.2) is 84.9 Å². The van der Waals surface area contributed by atoms with Crippen LogP contribution >= 0.6 is 0 Å². The van der Waals surface area contributed by atoms with Crippen LogP contribution in [0.2, 0.25) is 0 Å². The van der Waals surface area contributed by atoms with Gasteiger partial charge >= 0.3 is 0 Å². The lowest BCUT2D eigenvalue weighted by atomic mass is 9.55. The molecule has 0 heterocycles. The molecule has 3 aliphatic rings. The van der Waals surface area contributed by atoms with Gasteiger partial charge in [-0.05, 0) is 117 Å². The Kier molecular flexibility index (Phi) is 5.96. The summed E-state index contributed by atoms with van der Waals surface area (Å²) in [4.78, 5) is 2.46. The number of hydrogen-bond acceptors (Lipinski definition) is 1. The van der Waals surface area contributed by atoms with Gasteiger partial charge in [0, 0.05) is 27.9 Å². The van der Waals surface area contributed by atoms with Gasteiger partial charge in [-0.2, -0.15) is 0 Å². The molecule has 0 atom stereocenters. The summed E-state index contributed by atoms with van der Waals surface area (Å²) < 4.78 is 0. The Bertz CT molecular complexity index is 1450. The summed E-state index contributed by atoms with van der Waals surface area (Å²) in [5.74, 6) is 0. The van der Waals surface area contributed by atoms with E-state index in [1.54, 1.807) is 16.7 Å². The molecular weight excluding hydrogens is 470 g/mol. The molecule has 0 aromatic heterocycles. The van der Waals surface area contributed by atoms with Crippen molar-refractivity contribution in [3.8, 4) is 11.1 Å². The van der Waals surface area contributed by atoms with Crippen LogP contribution in [0.5, 0.6) is 0 Å².